The predicted octanol–water partition coefficient (Wildman–Crippen LogP) is 1.73. The Morgan fingerprint density at radius 2 is 2.16 bits per heavy atom. The molecule has 2 unspecified atom stereocenters. The maximum absolute atomic E-state index is 5.70. The summed E-state index contributed by atoms with van der Waals surface area (Å²) in [7, 11) is 0. The lowest BCUT2D eigenvalue weighted by atomic mass is 10.2. The molecule has 1 aromatic rings. The van der Waals surface area contributed by atoms with Crippen LogP contribution in [-0.2, 0) is 4.74 Å². The van der Waals surface area contributed by atoms with Crippen molar-refractivity contribution in [2.24, 2.45) is 4.99 Å². The van der Waals surface area contributed by atoms with Gasteiger partial charge in [-0.1, -0.05) is 18.2 Å². The van der Waals surface area contributed by atoms with Crippen LogP contribution in [0.4, 0.5) is 0 Å². The highest BCUT2D eigenvalue weighted by Gasteiger charge is 2.23. The topological polar surface area (TPSA) is 58.1 Å². The lowest BCUT2D eigenvalue weighted by Gasteiger charge is -2.37. The quantitative estimate of drug-likeness (QED) is 0.426. The standard InChI is InChI=1S/C19H32N4O2/c1-4-20-19(21-10-12-25-18-8-6-5-7-9-18)22-14-16(2)23-11-13-24-15-17(23)3/h5-9,16-17H,4,10-15H2,1-3H3,(H2,20,21,22). The summed E-state index contributed by atoms with van der Waals surface area (Å²) in [5.74, 6) is 1.73. The molecule has 2 atom stereocenters. The number of ether oxygens (including phenoxy) is 2. The summed E-state index contributed by atoms with van der Waals surface area (Å²) in [5.41, 5.74) is 0. The first-order valence-electron chi connectivity index (χ1n) is 9.24. The van der Waals surface area contributed by atoms with Gasteiger partial charge in [-0.25, -0.2) is 0 Å². The van der Waals surface area contributed by atoms with E-state index in [4.69, 9.17) is 14.5 Å². The van der Waals surface area contributed by atoms with Crippen molar-refractivity contribution < 1.29 is 9.47 Å². The van der Waals surface area contributed by atoms with Gasteiger partial charge < -0.3 is 20.1 Å². The molecular weight excluding hydrogens is 316 g/mol. The van der Waals surface area contributed by atoms with Crippen LogP contribution < -0.4 is 15.4 Å². The number of benzene rings is 1. The van der Waals surface area contributed by atoms with Crippen LogP contribution >= 0.6 is 0 Å². The van der Waals surface area contributed by atoms with Crippen LogP contribution in [0.1, 0.15) is 20.8 Å². The van der Waals surface area contributed by atoms with Crippen LogP contribution in [0.15, 0.2) is 35.3 Å². The lowest BCUT2D eigenvalue weighted by Crippen LogP contribution is -2.49. The van der Waals surface area contributed by atoms with Crippen LogP contribution in [0, 0.1) is 0 Å². The Hall–Kier alpha value is -1.79. The lowest BCUT2D eigenvalue weighted by molar-refractivity contribution is -0.0165. The molecule has 0 amide bonds. The zero-order chi connectivity index (χ0) is 17.9. The molecule has 2 rings (SSSR count). The van der Waals surface area contributed by atoms with Gasteiger partial charge in [0, 0.05) is 25.2 Å². The van der Waals surface area contributed by atoms with Gasteiger partial charge in [0.05, 0.1) is 26.3 Å². The first-order chi connectivity index (χ1) is 12.2. The molecule has 1 aliphatic rings. The van der Waals surface area contributed by atoms with Gasteiger partial charge in [-0.15, -0.1) is 0 Å². The average Bonchev–Trinajstić information content (AvgIpc) is 2.64. The van der Waals surface area contributed by atoms with Crippen LogP contribution in [0.25, 0.3) is 0 Å². The van der Waals surface area contributed by atoms with E-state index in [-0.39, 0.29) is 0 Å². The Balaban J connectivity index is 1.75. The van der Waals surface area contributed by atoms with E-state index in [1.807, 2.05) is 30.3 Å². The summed E-state index contributed by atoms with van der Waals surface area (Å²) in [6.07, 6.45) is 0. The molecule has 0 bridgehead atoms. The fourth-order valence-corrected chi connectivity index (χ4v) is 2.92. The summed E-state index contributed by atoms with van der Waals surface area (Å²) < 4.78 is 11.2. The van der Waals surface area contributed by atoms with Crippen molar-refractivity contribution in [3.05, 3.63) is 30.3 Å². The molecular formula is C19H32N4O2. The number of nitrogens with zero attached hydrogens (tertiary/aromatic N) is 2. The van der Waals surface area contributed by atoms with E-state index in [2.05, 4.69) is 36.3 Å². The van der Waals surface area contributed by atoms with Gasteiger partial charge in [0.25, 0.3) is 0 Å². The second-order valence-corrected chi connectivity index (χ2v) is 6.32. The van der Waals surface area contributed by atoms with Gasteiger partial charge in [0.2, 0.25) is 0 Å². The Kier molecular flexibility index (Phi) is 8.55. The number of morpholine rings is 1. The van der Waals surface area contributed by atoms with E-state index in [0.717, 1.165) is 44.6 Å². The van der Waals surface area contributed by atoms with E-state index in [1.54, 1.807) is 0 Å². The number of hydrogen-bond donors (Lipinski definition) is 2. The molecule has 25 heavy (non-hydrogen) atoms. The van der Waals surface area contributed by atoms with Gasteiger partial charge in [-0.05, 0) is 32.9 Å². The summed E-state index contributed by atoms with van der Waals surface area (Å²) in [6.45, 7) is 12.0. The number of rotatable bonds is 8. The molecule has 0 saturated carbocycles. The van der Waals surface area contributed by atoms with Crippen LogP contribution in [0.2, 0.25) is 0 Å². The van der Waals surface area contributed by atoms with Crippen molar-refractivity contribution in [1.29, 1.82) is 0 Å². The highest BCUT2D eigenvalue weighted by molar-refractivity contribution is 5.79. The third-order valence-corrected chi connectivity index (χ3v) is 4.25. The largest absolute Gasteiger partial charge is 0.492 e. The van der Waals surface area contributed by atoms with Gasteiger partial charge in [-0.3, -0.25) is 9.89 Å². The second kappa shape index (κ2) is 10.9. The molecule has 0 radical (unpaired) electrons. The Bertz CT molecular complexity index is 509. The molecule has 1 fully saturated rings. The molecule has 140 valence electrons. The normalized spacial score (nSPS) is 20.1. The fourth-order valence-electron chi connectivity index (χ4n) is 2.92. The third-order valence-electron chi connectivity index (χ3n) is 4.25. The van der Waals surface area contributed by atoms with Crippen molar-refractivity contribution in [3.8, 4) is 5.75 Å². The fraction of sp³-hybridized carbons (Fsp3) is 0.632. The number of aliphatic imine (C=N–C) groups is 1. The highest BCUT2D eigenvalue weighted by Crippen LogP contribution is 2.11. The molecule has 1 aromatic carbocycles. The Labute approximate surface area is 151 Å². The SMILES string of the molecule is CCNC(=NCC(C)N1CCOCC1C)NCCOc1ccccc1. The third kappa shape index (κ3) is 6.92. The van der Waals surface area contributed by atoms with Gasteiger partial charge in [0.15, 0.2) is 5.96 Å². The number of guanidine groups is 1. The van der Waals surface area contributed by atoms with Crippen LogP contribution in [0.5, 0.6) is 5.75 Å². The molecule has 0 spiro atoms. The van der Waals surface area contributed by atoms with Crippen molar-refractivity contribution in [3.63, 3.8) is 0 Å². The zero-order valence-electron chi connectivity index (χ0n) is 15.7. The average molecular weight is 348 g/mol. The van der Waals surface area contributed by atoms with Gasteiger partial charge in [-0.2, -0.15) is 0 Å². The molecule has 1 aliphatic heterocycles. The molecule has 1 saturated heterocycles. The summed E-state index contributed by atoms with van der Waals surface area (Å²) in [5, 5.41) is 6.62. The maximum atomic E-state index is 5.70. The minimum absolute atomic E-state index is 0.398. The number of nitrogens with one attached hydrogen (secondary N) is 2. The van der Waals surface area contributed by atoms with E-state index >= 15 is 0 Å². The van der Waals surface area contributed by atoms with Crippen molar-refractivity contribution in [2.45, 2.75) is 32.9 Å². The summed E-state index contributed by atoms with van der Waals surface area (Å²) >= 11 is 0. The van der Waals surface area contributed by atoms with Crippen molar-refractivity contribution in [1.82, 2.24) is 15.5 Å². The Morgan fingerprint density at radius 1 is 1.36 bits per heavy atom. The van der Waals surface area contributed by atoms with Gasteiger partial charge >= 0.3 is 0 Å². The predicted molar refractivity (Wildman–Crippen MR) is 102 cm³/mol. The monoisotopic (exact) mass is 348 g/mol. The van der Waals surface area contributed by atoms with E-state index in [0.29, 0.717) is 25.2 Å². The molecule has 0 aliphatic carbocycles. The van der Waals surface area contributed by atoms with Crippen molar-refractivity contribution >= 4 is 5.96 Å². The minimum Gasteiger partial charge on any atom is -0.492 e. The highest BCUT2D eigenvalue weighted by atomic mass is 16.5. The summed E-state index contributed by atoms with van der Waals surface area (Å²) in [4.78, 5) is 7.19. The molecule has 0 aromatic heterocycles. The van der Waals surface area contributed by atoms with Crippen LogP contribution in [-0.4, -0.2) is 68.9 Å². The van der Waals surface area contributed by atoms with E-state index < -0.39 is 0 Å². The smallest absolute Gasteiger partial charge is 0.191 e. The molecule has 1 heterocycles. The van der Waals surface area contributed by atoms with E-state index in [9.17, 15) is 0 Å². The second-order valence-electron chi connectivity index (χ2n) is 6.32. The summed E-state index contributed by atoms with van der Waals surface area (Å²) in [6, 6.07) is 10.7. The minimum atomic E-state index is 0.398. The molecule has 6 nitrogen and oxygen atoms in total. The number of hydrogen-bond acceptors (Lipinski definition) is 4. The maximum Gasteiger partial charge on any atom is 0.191 e. The first-order valence-corrected chi connectivity index (χ1v) is 9.24. The van der Waals surface area contributed by atoms with Crippen molar-refractivity contribution in [2.75, 3.05) is 46.0 Å². The van der Waals surface area contributed by atoms with Crippen LogP contribution in [0.3, 0.4) is 0 Å². The molecule has 2 N–H and O–H groups in total. The first kappa shape index (κ1) is 19.5. The van der Waals surface area contributed by atoms with Gasteiger partial charge in [0.1, 0.15) is 12.4 Å². The van der Waals surface area contributed by atoms with E-state index in [1.165, 1.54) is 0 Å². The Morgan fingerprint density at radius 3 is 2.88 bits per heavy atom. The number of para-hydroxylation sites is 1. The molecule has 6 heteroatoms. The zero-order valence-corrected chi connectivity index (χ0v) is 15.7.